The van der Waals surface area contributed by atoms with Crippen LogP contribution in [-0.2, 0) is 6.61 Å². The largest absolute Gasteiger partial charge is 0.493 e. The van der Waals surface area contributed by atoms with Crippen LogP contribution < -0.4 is 9.47 Å². The SMILES string of the molecule is COc1cc(C(=S)N2CCCC2)cc(Br)c1OCc1cccc(F)c1. The molecule has 0 aromatic heterocycles. The minimum atomic E-state index is -0.279. The average molecular weight is 424 g/mol. The summed E-state index contributed by atoms with van der Waals surface area (Å²) in [6.07, 6.45) is 2.35. The van der Waals surface area contributed by atoms with Crippen molar-refractivity contribution < 1.29 is 13.9 Å². The van der Waals surface area contributed by atoms with Crippen molar-refractivity contribution in [3.63, 3.8) is 0 Å². The number of hydrogen-bond acceptors (Lipinski definition) is 3. The second-order valence-electron chi connectivity index (χ2n) is 5.91. The van der Waals surface area contributed by atoms with Gasteiger partial charge < -0.3 is 14.4 Å². The standard InChI is InChI=1S/C19H19BrFNO2S/c1-23-17-11-14(19(25)22-7-2-3-8-22)10-16(20)18(17)24-12-13-5-4-6-15(21)9-13/h4-6,9-11H,2-3,7-8,12H2,1H3. The van der Waals surface area contributed by atoms with Crippen molar-refractivity contribution in [3.05, 3.63) is 57.8 Å². The first-order valence-electron chi connectivity index (χ1n) is 8.12. The second kappa shape index (κ2) is 8.15. The van der Waals surface area contributed by atoms with Crippen molar-refractivity contribution in [1.29, 1.82) is 0 Å². The molecule has 0 N–H and O–H groups in total. The van der Waals surface area contributed by atoms with Crippen LogP contribution >= 0.6 is 28.1 Å². The fraction of sp³-hybridized carbons (Fsp3) is 0.316. The molecule has 132 valence electrons. The first kappa shape index (κ1) is 18.1. The van der Waals surface area contributed by atoms with E-state index >= 15 is 0 Å². The van der Waals surface area contributed by atoms with Gasteiger partial charge in [-0.1, -0.05) is 24.4 Å². The Morgan fingerprint density at radius 2 is 2.00 bits per heavy atom. The van der Waals surface area contributed by atoms with E-state index in [1.165, 1.54) is 25.0 Å². The van der Waals surface area contributed by atoms with Crippen molar-refractivity contribution in [2.45, 2.75) is 19.4 Å². The lowest BCUT2D eigenvalue weighted by molar-refractivity contribution is 0.282. The van der Waals surface area contributed by atoms with E-state index in [0.717, 1.165) is 33.7 Å². The number of halogens is 2. The summed E-state index contributed by atoms with van der Waals surface area (Å²) >= 11 is 9.16. The molecule has 0 radical (unpaired) electrons. The molecule has 0 amide bonds. The number of likely N-dealkylation sites (tertiary alicyclic amines) is 1. The van der Waals surface area contributed by atoms with E-state index < -0.39 is 0 Å². The van der Waals surface area contributed by atoms with Gasteiger partial charge in [0.1, 0.15) is 17.4 Å². The van der Waals surface area contributed by atoms with Crippen molar-refractivity contribution >= 4 is 33.1 Å². The highest BCUT2D eigenvalue weighted by molar-refractivity contribution is 9.10. The van der Waals surface area contributed by atoms with Gasteiger partial charge >= 0.3 is 0 Å². The van der Waals surface area contributed by atoms with Crippen LogP contribution in [0.15, 0.2) is 40.9 Å². The van der Waals surface area contributed by atoms with Crippen LogP contribution in [0.3, 0.4) is 0 Å². The number of hydrogen-bond donors (Lipinski definition) is 0. The predicted molar refractivity (Wildman–Crippen MR) is 104 cm³/mol. The first-order chi connectivity index (χ1) is 12.1. The Bertz CT molecular complexity index is 778. The molecule has 0 unspecified atom stereocenters. The third-order valence-electron chi connectivity index (χ3n) is 4.14. The fourth-order valence-corrected chi connectivity index (χ4v) is 3.73. The number of benzene rings is 2. The molecular formula is C19H19BrFNO2S. The van der Waals surface area contributed by atoms with Crippen LogP contribution in [0.5, 0.6) is 11.5 Å². The molecule has 0 spiro atoms. The van der Waals surface area contributed by atoms with Gasteiger partial charge in [0, 0.05) is 18.7 Å². The normalized spacial score (nSPS) is 13.8. The summed E-state index contributed by atoms with van der Waals surface area (Å²) in [6.45, 7) is 2.25. The van der Waals surface area contributed by atoms with Crippen LogP contribution in [0.4, 0.5) is 4.39 Å². The van der Waals surface area contributed by atoms with E-state index in [1.807, 2.05) is 18.2 Å². The van der Waals surface area contributed by atoms with Crippen LogP contribution in [0.2, 0.25) is 0 Å². The molecule has 0 aliphatic carbocycles. The molecule has 1 aliphatic heterocycles. The summed E-state index contributed by atoms with van der Waals surface area (Å²) in [4.78, 5) is 3.04. The lowest BCUT2D eigenvalue weighted by Gasteiger charge is -2.20. The second-order valence-corrected chi connectivity index (χ2v) is 7.15. The molecule has 2 aromatic carbocycles. The highest BCUT2D eigenvalue weighted by Gasteiger charge is 2.19. The highest BCUT2D eigenvalue weighted by atomic mass is 79.9. The lowest BCUT2D eigenvalue weighted by Crippen LogP contribution is -2.26. The summed E-state index contributed by atoms with van der Waals surface area (Å²) in [5, 5.41) is 0. The number of methoxy groups -OCH3 is 1. The monoisotopic (exact) mass is 423 g/mol. The van der Waals surface area contributed by atoms with Gasteiger partial charge in [0.25, 0.3) is 0 Å². The van der Waals surface area contributed by atoms with Gasteiger partial charge in [-0.05, 0) is 58.6 Å². The molecule has 1 fully saturated rings. The van der Waals surface area contributed by atoms with Crippen LogP contribution in [0, 0.1) is 5.82 Å². The molecule has 1 saturated heterocycles. The third kappa shape index (κ3) is 4.30. The van der Waals surface area contributed by atoms with Crippen molar-refractivity contribution in [2.75, 3.05) is 20.2 Å². The van der Waals surface area contributed by atoms with E-state index in [9.17, 15) is 4.39 Å². The van der Waals surface area contributed by atoms with Gasteiger partial charge in [-0.3, -0.25) is 0 Å². The minimum Gasteiger partial charge on any atom is -0.493 e. The Kier molecular flexibility index (Phi) is 5.91. The summed E-state index contributed by atoms with van der Waals surface area (Å²) in [5.74, 6) is 0.903. The van der Waals surface area contributed by atoms with Crippen LogP contribution in [0.1, 0.15) is 24.0 Å². The molecule has 3 rings (SSSR count). The van der Waals surface area contributed by atoms with Gasteiger partial charge in [-0.2, -0.15) is 0 Å². The van der Waals surface area contributed by atoms with Gasteiger partial charge in [-0.15, -0.1) is 0 Å². The number of ether oxygens (including phenoxy) is 2. The van der Waals surface area contributed by atoms with E-state index in [0.29, 0.717) is 11.5 Å². The van der Waals surface area contributed by atoms with Gasteiger partial charge in [-0.25, -0.2) is 4.39 Å². The van der Waals surface area contributed by atoms with Crippen molar-refractivity contribution in [3.8, 4) is 11.5 Å². The zero-order valence-corrected chi connectivity index (χ0v) is 16.3. The quantitative estimate of drug-likeness (QED) is 0.634. The van der Waals surface area contributed by atoms with E-state index in [-0.39, 0.29) is 12.4 Å². The molecular weight excluding hydrogens is 405 g/mol. The Balaban J connectivity index is 1.80. The molecule has 0 atom stereocenters. The number of thiocarbonyl (C=S) groups is 1. The van der Waals surface area contributed by atoms with Gasteiger partial charge in [0.2, 0.25) is 0 Å². The van der Waals surface area contributed by atoms with Crippen LogP contribution in [-0.4, -0.2) is 30.1 Å². The average Bonchev–Trinajstić information content (AvgIpc) is 3.14. The molecule has 1 aliphatic rings. The fourth-order valence-electron chi connectivity index (χ4n) is 2.87. The number of rotatable bonds is 5. The summed E-state index contributed by atoms with van der Waals surface area (Å²) in [7, 11) is 1.60. The Morgan fingerprint density at radius 1 is 1.24 bits per heavy atom. The Morgan fingerprint density at radius 3 is 2.68 bits per heavy atom. The van der Waals surface area contributed by atoms with Crippen molar-refractivity contribution in [2.24, 2.45) is 0 Å². The summed E-state index contributed by atoms with van der Waals surface area (Å²) < 4.78 is 25.4. The molecule has 2 aromatic rings. The number of nitrogens with zero attached hydrogens (tertiary/aromatic N) is 1. The van der Waals surface area contributed by atoms with E-state index in [2.05, 4.69) is 20.8 Å². The van der Waals surface area contributed by atoms with E-state index in [4.69, 9.17) is 21.7 Å². The van der Waals surface area contributed by atoms with Gasteiger partial charge in [0.05, 0.1) is 11.6 Å². The Labute approximate surface area is 160 Å². The molecule has 1 heterocycles. The van der Waals surface area contributed by atoms with Gasteiger partial charge in [0.15, 0.2) is 11.5 Å². The molecule has 6 heteroatoms. The third-order valence-corrected chi connectivity index (χ3v) is 5.22. The molecule has 0 saturated carbocycles. The lowest BCUT2D eigenvalue weighted by atomic mass is 10.2. The maximum atomic E-state index is 13.3. The summed E-state index contributed by atoms with van der Waals surface area (Å²) in [6, 6.07) is 10.2. The summed E-state index contributed by atoms with van der Waals surface area (Å²) in [5.41, 5.74) is 1.68. The highest BCUT2D eigenvalue weighted by Crippen LogP contribution is 2.38. The smallest absolute Gasteiger partial charge is 0.175 e. The topological polar surface area (TPSA) is 21.7 Å². The predicted octanol–water partition coefficient (Wildman–Crippen LogP) is 4.95. The minimum absolute atomic E-state index is 0.253. The van der Waals surface area contributed by atoms with Crippen LogP contribution in [0.25, 0.3) is 0 Å². The maximum absolute atomic E-state index is 13.3. The molecule has 25 heavy (non-hydrogen) atoms. The molecule has 0 bridgehead atoms. The zero-order chi connectivity index (χ0) is 17.8. The van der Waals surface area contributed by atoms with Crippen molar-refractivity contribution in [1.82, 2.24) is 4.90 Å². The Hall–Kier alpha value is -1.66. The zero-order valence-electron chi connectivity index (χ0n) is 13.9. The first-order valence-corrected chi connectivity index (χ1v) is 9.32. The molecule has 3 nitrogen and oxygen atoms in total. The van der Waals surface area contributed by atoms with E-state index in [1.54, 1.807) is 13.2 Å². The maximum Gasteiger partial charge on any atom is 0.175 e.